The van der Waals surface area contributed by atoms with E-state index < -0.39 is 17.5 Å². The number of carbonyl (C=O) groups is 1. The molecule has 0 radical (unpaired) electrons. The number of benzene rings is 1. The number of hydrogen-bond acceptors (Lipinski definition) is 2. The Hall–Kier alpha value is -1.20. The third kappa shape index (κ3) is 3.17. The lowest BCUT2D eigenvalue weighted by molar-refractivity contribution is 0.0928. The highest BCUT2D eigenvalue weighted by molar-refractivity contribution is 5.94. The van der Waals surface area contributed by atoms with Crippen molar-refractivity contribution in [3.05, 3.63) is 35.4 Å². The monoisotopic (exact) mass is 276 g/mol. The van der Waals surface area contributed by atoms with E-state index in [1.807, 2.05) is 0 Å². The van der Waals surface area contributed by atoms with E-state index in [1.54, 1.807) is 0 Å². The van der Waals surface area contributed by atoms with Crippen LogP contribution < -0.4 is 11.1 Å². The second-order valence-electron chi connectivity index (χ2n) is 4.25. The SMILES string of the molecule is Cl.NCC(NC(=O)c1cccc(F)c1F)C1CC1. The molecule has 0 aliphatic heterocycles. The molecule has 1 aromatic carbocycles. The van der Waals surface area contributed by atoms with Crippen LogP contribution in [0, 0.1) is 17.6 Å². The van der Waals surface area contributed by atoms with Crippen molar-refractivity contribution in [2.24, 2.45) is 11.7 Å². The Labute approximate surface area is 110 Å². The van der Waals surface area contributed by atoms with Gasteiger partial charge in [-0.25, -0.2) is 8.78 Å². The lowest BCUT2D eigenvalue weighted by Crippen LogP contribution is -2.42. The van der Waals surface area contributed by atoms with Crippen molar-refractivity contribution < 1.29 is 13.6 Å². The summed E-state index contributed by atoms with van der Waals surface area (Å²) in [6.45, 7) is 0.313. The van der Waals surface area contributed by atoms with Crippen LogP contribution in [-0.4, -0.2) is 18.5 Å². The van der Waals surface area contributed by atoms with Gasteiger partial charge in [0.05, 0.1) is 5.56 Å². The van der Waals surface area contributed by atoms with E-state index in [2.05, 4.69) is 5.32 Å². The van der Waals surface area contributed by atoms with Crippen LogP contribution >= 0.6 is 12.4 Å². The van der Waals surface area contributed by atoms with E-state index in [4.69, 9.17) is 5.73 Å². The fourth-order valence-corrected chi connectivity index (χ4v) is 1.79. The van der Waals surface area contributed by atoms with Crippen molar-refractivity contribution in [1.29, 1.82) is 0 Å². The van der Waals surface area contributed by atoms with Gasteiger partial charge in [-0.1, -0.05) is 6.07 Å². The Morgan fingerprint density at radius 1 is 1.44 bits per heavy atom. The molecule has 1 unspecified atom stereocenters. The van der Waals surface area contributed by atoms with E-state index in [9.17, 15) is 13.6 Å². The molecule has 1 aromatic rings. The first-order chi connectivity index (χ1) is 8.13. The topological polar surface area (TPSA) is 55.1 Å². The van der Waals surface area contributed by atoms with E-state index in [0.29, 0.717) is 12.5 Å². The van der Waals surface area contributed by atoms with Crippen LogP contribution in [0.1, 0.15) is 23.2 Å². The molecule has 1 aliphatic rings. The fourth-order valence-electron chi connectivity index (χ4n) is 1.79. The third-order valence-corrected chi connectivity index (χ3v) is 2.96. The van der Waals surface area contributed by atoms with Crippen LogP contribution in [0.15, 0.2) is 18.2 Å². The first kappa shape index (κ1) is 14.9. The molecule has 3 nitrogen and oxygen atoms in total. The Bertz CT molecular complexity index is 438. The summed E-state index contributed by atoms with van der Waals surface area (Å²) in [5, 5.41) is 2.64. The molecule has 18 heavy (non-hydrogen) atoms. The molecule has 3 N–H and O–H groups in total. The second-order valence-corrected chi connectivity index (χ2v) is 4.25. The summed E-state index contributed by atoms with van der Waals surface area (Å²) >= 11 is 0. The van der Waals surface area contributed by atoms with Crippen LogP contribution in [0.2, 0.25) is 0 Å². The van der Waals surface area contributed by atoms with Gasteiger partial charge in [-0.3, -0.25) is 4.79 Å². The smallest absolute Gasteiger partial charge is 0.254 e. The quantitative estimate of drug-likeness (QED) is 0.882. The highest BCUT2D eigenvalue weighted by Crippen LogP contribution is 2.32. The number of amides is 1. The zero-order chi connectivity index (χ0) is 12.4. The number of hydrogen-bond donors (Lipinski definition) is 2. The fraction of sp³-hybridized carbons (Fsp3) is 0.417. The second kappa shape index (κ2) is 6.11. The lowest BCUT2D eigenvalue weighted by atomic mass is 10.1. The molecule has 1 aliphatic carbocycles. The first-order valence-electron chi connectivity index (χ1n) is 5.58. The predicted molar refractivity (Wildman–Crippen MR) is 66.6 cm³/mol. The van der Waals surface area contributed by atoms with Crippen LogP contribution in [0.25, 0.3) is 0 Å². The summed E-state index contributed by atoms with van der Waals surface area (Å²) in [5.41, 5.74) is 5.25. The van der Waals surface area contributed by atoms with Gasteiger partial charge >= 0.3 is 0 Å². The van der Waals surface area contributed by atoms with Gasteiger partial charge in [0.15, 0.2) is 11.6 Å². The van der Waals surface area contributed by atoms with Crippen molar-refractivity contribution in [2.75, 3.05) is 6.54 Å². The summed E-state index contributed by atoms with van der Waals surface area (Å²) in [4.78, 5) is 11.7. The van der Waals surface area contributed by atoms with Gasteiger partial charge in [0.1, 0.15) is 0 Å². The minimum Gasteiger partial charge on any atom is -0.348 e. The average molecular weight is 277 g/mol. The average Bonchev–Trinajstić information content (AvgIpc) is 3.13. The van der Waals surface area contributed by atoms with Gasteiger partial charge < -0.3 is 11.1 Å². The summed E-state index contributed by atoms with van der Waals surface area (Å²) < 4.78 is 26.3. The standard InChI is InChI=1S/C12H14F2N2O.ClH/c13-9-3-1-2-8(11(9)14)12(17)16-10(6-15)7-4-5-7;/h1-3,7,10H,4-6,15H2,(H,16,17);1H. The number of carbonyl (C=O) groups excluding carboxylic acids is 1. The Balaban J connectivity index is 0.00000162. The largest absolute Gasteiger partial charge is 0.348 e. The maximum Gasteiger partial charge on any atom is 0.254 e. The van der Waals surface area contributed by atoms with Gasteiger partial charge in [0.2, 0.25) is 0 Å². The van der Waals surface area contributed by atoms with Crippen LogP contribution in [0.4, 0.5) is 8.78 Å². The molecule has 0 aromatic heterocycles. The normalized spacial score (nSPS) is 15.7. The molecule has 1 saturated carbocycles. The minimum absolute atomic E-state index is 0. The molecule has 0 heterocycles. The van der Waals surface area contributed by atoms with E-state index in [0.717, 1.165) is 18.9 Å². The Morgan fingerprint density at radius 3 is 2.67 bits per heavy atom. The highest BCUT2D eigenvalue weighted by Gasteiger charge is 2.31. The Kier molecular flexibility index (Phi) is 5.04. The van der Waals surface area contributed by atoms with Crippen LogP contribution in [0.3, 0.4) is 0 Å². The first-order valence-corrected chi connectivity index (χ1v) is 5.58. The highest BCUT2D eigenvalue weighted by atomic mass is 35.5. The van der Waals surface area contributed by atoms with Crippen LogP contribution in [-0.2, 0) is 0 Å². The molecular formula is C12H15ClF2N2O. The zero-order valence-corrected chi connectivity index (χ0v) is 10.5. The van der Waals surface area contributed by atoms with E-state index in [1.165, 1.54) is 12.1 Å². The van der Waals surface area contributed by atoms with E-state index in [-0.39, 0.29) is 24.0 Å². The minimum atomic E-state index is -1.11. The number of nitrogens with two attached hydrogens (primary N) is 1. The number of rotatable bonds is 4. The van der Waals surface area contributed by atoms with Gasteiger partial charge in [0, 0.05) is 12.6 Å². The van der Waals surface area contributed by atoms with Gasteiger partial charge in [-0.15, -0.1) is 12.4 Å². The molecular weight excluding hydrogens is 262 g/mol. The van der Waals surface area contributed by atoms with Gasteiger partial charge in [-0.2, -0.15) is 0 Å². The Morgan fingerprint density at radius 2 is 2.11 bits per heavy atom. The molecule has 100 valence electrons. The lowest BCUT2D eigenvalue weighted by Gasteiger charge is -2.16. The summed E-state index contributed by atoms with van der Waals surface area (Å²) in [6, 6.07) is 3.40. The molecule has 6 heteroatoms. The van der Waals surface area contributed by atoms with Crippen LogP contribution in [0.5, 0.6) is 0 Å². The number of nitrogens with one attached hydrogen (secondary N) is 1. The zero-order valence-electron chi connectivity index (χ0n) is 9.66. The molecule has 1 atom stereocenters. The summed E-state index contributed by atoms with van der Waals surface area (Å²) in [5.74, 6) is -2.37. The maximum absolute atomic E-state index is 13.4. The van der Waals surface area contributed by atoms with Crippen molar-refractivity contribution in [2.45, 2.75) is 18.9 Å². The summed E-state index contributed by atoms with van der Waals surface area (Å²) in [6.07, 6.45) is 2.04. The maximum atomic E-state index is 13.4. The summed E-state index contributed by atoms with van der Waals surface area (Å²) in [7, 11) is 0. The van der Waals surface area contributed by atoms with Gasteiger partial charge in [0.25, 0.3) is 5.91 Å². The molecule has 1 amide bonds. The van der Waals surface area contributed by atoms with Crippen molar-refractivity contribution in [3.8, 4) is 0 Å². The molecule has 0 saturated heterocycles. The third-order valence-electron chi connectivity index (χ3n) is 2.96. The van der Waals surface area contributed by atoms with Crippen molar-refractivity contribution >= 4 is 18.3 Å². The van der Waals surface area contributed by atoms with Gasteiger partial charge in [-0.05, 0) is 30.9 Å². The molecule has 2 rings (SSSR count). The predicted octanol–water partition coefficient (Wildman–Crippen LogP) is 1.85. The van der Waals surface area contributed by atoms with E-state index >= 15 is 0 Å². The van der Waals surface area contributed by atoms with Crippen molar-refractivity contribution in [1.82, 2.24) is 5.32 Å². The molecule has 0 spiro atoms. The molecule has 1 fully saturated rings. The molecule has 0 bridgehead atoms. The van der Waals surface area contributed by atoms with Crippen molar-refractivity contribution in [3.63, 3.8) is 0 Å². The number of halogens is 3.